The zero-order chi connectivity index (χ0) is 12.6. The largest absolute Gasteiger partial charge is 0.399 e. The quantitative estimate of drug-likeness (QED) is 0.752. The zero-order valence-electron chi connectivity index (χ0n) is 11.5. The normalized spacial score (nSPS) is 25.1. The molecule has 2 rings (SSSR count). The SMILES string of the molecule is Cc1cc(N2C[C@H](C)C[C@H](C)C2)c(C)cc1N. The number of piperidine rings is 1. The van der Waals surface area contributed by atoms with E-state index < -0.39 is 0 Å². The van der Waals surface area contributed by atoms with Gasteiger partial charge in [-0.25, -0.2) is 0 Å². The number of rotatable bonds is 1. The molecule has 17 heavy (non-hydrogen) atoms. The third-order valence-electron chi connectivity index (χ3n) is 3.79. The fourth-order valence-corrected chi connectivity index (χ4v) is 3.02. The smallest absolute Gasteiger partial charge is 0.0400 e. The molecule has 1 aliphatic heterocycles. The Kier molecular flexibility index (Phi) is 3.32. The highest BCUT2D eigenvalue weighted by molar-refractivity contribution is 5.63. The van der Waals surface area contributed by atoms with Crippen molar-refractivity contribution in [3.05, 3.63) is 23.3 Å². The molecule has 0 saturated carbocycles. The summed E-state index contributed by atoms with van der Waals surface area (Å²) in [5.41, 5.74) is 10.7. The van der Waals surface area contributed by atoms with Crippen molar-refractivity contribution in [3.8, 4) is 0 Å². The Morgan fingerprint density at radius 2 is 1.65 bits per heavy atom. The summed E-state index contributed by atoms with van der Waals surface area (Å²) in [4.78, 5) is 2.53. The molecule has 0 radical (unpaired) electrons. The van der Waals surface area contributed by atoms with Crippen LogP contribution in [0.2, 0.25) is 0 Å². The van der Waals surface area contributed by atoms with E-state index in [1.165, 1.54) is 36.3 Å². The summed E-state index contributed by atoms with van der Waals surface area (Å²) in [5.74, 6) is 1.58. The molecule has 1 aromatic rings. The maximum absolute atomic E-state index is 5.96. The molecule has 0 aromatic heterocycles. The number of aryl methyl sites for hydroxylation is 2. The molecule has 2 N–H and O–H groups in total. The number of hydrogen-bond donors (Lipinski definition) is 1. The van der Waals surface area contributed by atoms with Gasteiger partial charge in [-0.05, 0) is 55.4 Å². The van der Waals surface area contributed by atoms with Gasteiger partial charge in [-0.1, -0.05) is 13.8 Å². The fraction of sp³-hybridized carbons (Fsp3) is 0.600. The monoisotopic (exact) mass is 232 g/mol. The van der Waals surface area contributed by atoms with Gasteiger partial charge in [0.05, 0.1) is 0 Å². The summed E-state index contributed by atoms with van der Waals surface area (Å²) in [6, 6.07) is 4.35. The molecule has 2 nitrogen and oxygen atoms in total. The molecule has 1 aliphatic rings. The summed E-state index contributed by atoms with van der Waals surface area (Å²) >= 11 is 0. The van der Waals surface area contributed by atoms with E-state index in [4.69, 9.17) is 5.73 Å². The van der Waals surface area contributed by atoms with Crippen LogP contribution in [0.5, 0.6) is 0 Å². The van der Waals surface area contributed by atoms with Crippen molar-refractivity contribution in [1.29, 1.82) is 0 Å². The topological polar surface area (TPSA) is 29.3 Å². The molecule has 2 atom stereocenters. The molecule has 0 aliphatic carbocycles. The van der Waals surface area contributed by atoms with Crippen LogP contribution in [-0.4, -0.2) is 13.1 Å². The van der Waals surface area contributed by atoms with Crippen molar-refractivity contribution < 1.29 is 0 Å². The zero-order valence-corrected chi connectivity index (χ0v) is 11.5. The van der Waals surface area contributed by atoms with E-state index in [1.54, 1.807) is 0 Å². The highest BCUT2D eigenvalue weighted by Crippen LogP contribution is 2.31. The lowest BCUT2D eigenvalue weighted by molar-refractivity contribution is 0.356. The van der Waals surface area contributed by atoms with Gasteiger partial charge in [0.2, 0.25) is 0 Å². The number of anilines is 2. The van der Waals surface area contributed by atoms with E-state index in [9.17, 15) is 0 Å². The van der Waals surface area contributed by atoms with Crippen LogP contribution in [0.15, 0.2) is 12.1 Å². The maximum atomic E-state index is 5.96. The maximum Gasteiger partial charge on any atom is 0.0400 e. The first-order chi connectivity index (χ1) is 7.97. The Hall–Kier alpha value is -1.18. The average molecular weight is 232 g/mol. The van der Waals surface area contributed by atoms with Crippen LogP contribution in [0.4, 0.5) is 11.4 Å². The summed E-state index contributed by atoms with van der Waals surface area (Å²) in [5, 5.41) is 0. The molecule has 1 aromatic carbocycles. The Morgan fingerprint density at radius 3 is 2.24 bits per heavy atom. The molecule has 1 heterocycles. The first-order valence-electron chi connectivity index (χ1n) is 6.59. The minimum atomic E-state index is 0.788. The van der Waals surface area contributed by atoms with Crippen LogP contribution in [0.25, 0.3) is 0 Å². The van der Waals surface area contributed by atoms with Gasteiger partial charge >= 0.3 is 0 Å². The van der Waals surface area contributed by atoms with Gasteiger partial charge in [0.25, 0.3) is 0 Å². The molecular weight excluding hydrogens is 208 g/mol. The number of hydrogen-bond acceptors (Lipinski definition) is 2. The summed E-state index contributed by atoms with van der Waals surface area (Å²) in [6.45, 7) is 11.3. The third-order valence-corrected chi connectivity index (χ3v) is 3.79. The molecule has 0 amide bonds. The number of nitrogens with zero attached hydrogens (tertiary/aromatic N) is 1. The predicted molar refractivity (Wildman–Crippen MR) is 75.5 cm³/mol. The van der Waals surface area contributed by atoms with Crippen LogP contribution in [0.1, 0.15) is 31.4 Å². The third kappa shape index (κ3) is 2.56. The van der Waals surface area contributed by atoms with E-state index >= 15 is 0 Å². The van der Waals surface area contributed by atoms with Crippen LogP contribution < -0.4 is 10.6 Å². The second-order valence-corrected chi connectivity index (χ2v) is 5.85. The minimum Gasteiger partial charge on any atom is -0.399 e. The van der Waals surface area contributed by atoms with Crippen molar-refractivity contribution in [2.24, 2.45) is 11.8 Å². The number of nitrogen functional groups attached to an aromatic ring is 1. The Balaban J connectivity index is 2.30. The van der Waals surface area contributed by atoms with Crippen molar-refractivity contribution in [3.63, 3.8) is 0 Å². The Labute approximate surface area is 105 Å². The average Bonchev–Trinajstić information content (AvgIpc) is 2.22. The van der Waals surface area contributed by atoms with Gasteiger partial charge in [-0.3, -0.25) is 0 Å². The predicted octanol–water partition coefficient (Wildman–Crippen LogP) is 3.37. The summed E-state index contributed by atoms with van der Waals surface area (Å²) < 4.78 is 0. The molecule has 1 saturated heterocycles. The lowest BCUT2D eigenvalue weighted by Crippen LogP contribution is -2.39. The minimum absolute atomic E-state index is 0.788. The highest BCUT2D eigenvalue weighted by Gasteiger charge is 2.23. The Morgan fingerprint density at radius 1 is 1.06 bits per heavy atom. The summed E-state index contributed by atoms with van der Waals surface area (Å²) in [6.07, 6.45) is 1.35. The van der Waals surface area contributed by atoms with E-state index in [2.05, 4.69) is 44.7 Å². The van der Waals surface area contributed by atoms with E-state index in [-0.39, 0.29) is 0 Å². The van der Waals surface area contributed by atoms with E-state index in [0.29, 0.717) is 0 Å². The highest BCUT2D eigenvalue weighted by atomic mass is 15.1. The van der Waals surface area contributed by atoms with Gasteiger partial charge in [-0.15, -0.1) is 0 Å². The first kappa shape index (κ1) is 12.3. The Bertz CT molecular complexity index is 402. The molecule has 1 fully saturated rings. The van der Waals surface area contributed by atoms with Crippen LogP contribution in [0, 0.1) is 25.7 Å². The van der Waals surface area contributed by atoms with Crippen molar-refractivity contribution in [2.75, 3.05) is 23.7 Å². The second-order valence-electron chi connectivity index (χ2n) is 5.85. The lowest BCUT2D eigenvalue weighted by atomic mass is 9.91. The van der Waals surface area contributed by atoms with Gasteiger partial charge in [0.15, 0.2) is 0 Å². The number of nitrogens with two attached hydrogens (primary N) is 1. The molecule has 2 heteroatoms. The van der Waals surface area contributed by atoms with Crippen LogP contribution in [0.3, 0.4) is 0 Å². The van der Waals surface area contributed by atoms with Crippen molar-refractivity contribution in [1.82, 2.24) is 0 Å². The van der Waals surface area contributed by atoms with Crippen molar-refractivity contribution in [2.45, 2.75) is 34.1 Å². The van der Waals surface area contributed by atoms with Crippen molar-refractivity contribution >= 4 is 11.4 Å². The van der Waals surface area contributed by atoms with Gasteiger partial charge in [0, 0.05) is 24.5 Å². The standard InChI is InChI=1S/C15H24N2/c1-10-5-11(2)9-17(8-10)15-7-12(3)14(16)6-13(15)4/h6-7,10-11H,5,8-9,16H2,1-4H3/t10-,11+. The van der Waals surface area contributed by atoms with E-state index in [0.717, 1.165) is 17.5 Å². The molecular formula is C15H24N2. The number of benzene rings is 1. The van der Waals surface area contributed by atoms with E-state index in [1.807, 2.05) is 0 Å². The second kappa shape index (κ2) is 4.59. The summed E-state index contributed by atoms with van der Waals surface area (Å²) in [7, 11) is 0. The van der Waals surface area contributed by atoms with Gasteiger partial charge in [0.1, 0.15) is 0 Å². The molecule has 0 spiro atoms. The van der Waals surface area contributed by atoms with Crippen LogP contribution >= 0.6 is 0 Å². The fourth-order valence-electron chi connectivity index (χ4n) is 3.02. The lowest BCUT2D eigenvalue weighted by Gasteiger charge is -2.37. The van der Waals surface area contributed by atoms with Gasteiger partial charge < -0.3 is 10.6 Å². The first-order valence-corrected chi connectivity index (χ1v) is 6.59. The molecule has 0 unspecified atom stereocenters. The van der Waals surface area contributed by atoms with Crippen LogP contribution in [-0.2, 0) is 0 Å². The molecule has 0 bridgehead atoms. The molecule has 94 valence electrons. The van der Waals surface area contributed by atoms with Gasteiger partial charge in [-0.2, -0.15) is 0 Å².